The van der Waals surface area contributed by atoms with E-state index in [2.05, 4.69) is 40.4 Å². The molecule has 0 saturated carbocycles. The SMILES string of the molecule is CCc1cc2c(CBr)csc2cc1N. The average molecular weight is 270 g/mol. The molecule has 0 aliphatic carbocycles. The van der Waals surface area contributed by atoms with Crippen molar-refractivity contribution in [1.82, 2.24) is 0 Å². The highest BCUT2D eigenvalue weighted by molar-refractivity contribution is 9.08. The molecule has 2 rings (SSSR count). The van der Waals surface area contributed by atoms with E-state index in [0.717, 1.165) is 17.4 Å². The molecule has 0 spiro atoms. The third-order valence-electron chi connectivity index (χ3n) is 2.44. The minimum absolute atomic E-state index is 0.917. The zero-order valence-electron chi connectivity index (χ0n) is 8.01. The first-order valence-electron chi connectivity index (χ1n) is 4.60. The summed E-state index contributed by atoms with van der Waals surface area (Å²) in [6.07, 6.45) is 0.999. The number of benzene rings is 1. The molecular weight excluding hydrogens is 258 g/mol. The summed E-state index contributed by atoms with van der Waals surface area (Å²) in [4.78, 5) is 0. The van der Waals surface area contributed by atoms with E-state index < -0.39 is 0 Å². The lowest BCUT2D eigenvalue weighted by Crippen LogP contribution is -1.92. The van der Waals surface area contributed by atoms with Crippen LogP contribution in [0.4, 0.5) is 5.69 Å². The van der Waals surface area contributed by atoms with E-state index in [-0.39, 0.29) is 0 Å². The summed E-state index contributed by atoms with van der Waals surface area (Å²) < 4.78 is 1.29. The Morgan fingerprint density at radius 1 is 1.36 bits per heavy atom. The number of thiophene rings is 1. The third kappa shape index (κ3) is 1.55. The number of fused-ring (bicyclic) bond motifs is 1. The summed E-state index contributed by atoms with van der Waals surface area (Å²) >= 11 is 5.26. The van der Waals surface area contributed by atoms with Crippen LogP contribution in [0.15, 0.2) is 17.5 Å². The van der Waals surface area contributed by atoms with Crippen LogP contribution in [0.1, 0.15) is 18.1 Å². The molecule has 0 aliphatic heterocycles. The van der Waals surface area contributed by atoms with Crippen molar-refractivity contribution in [2.45, 2.75) is 18.7 Å². The fraction of sp³-hybridized carbons (Fsp3) is 0.273. The Hall–Kier alpha value is -0.540. The summed E-state index contributed by atoms with van der Waals surface area (Å²) in [7, 11) is 0. The van der Waals surface area contributed by atoms with E-state index in [0.29, 0.717) is 0 Å². The van der Waals surface area contributed by atoms with E-state index in [1.165, 1.54) is 21.2 Å². The van der Waals surface area contributed by atoms with Crippen LogP contribution < -0.4 is 5.73 Å². The summed E-state index contributed by atoms with van der Waals surface area (Å²) in [5.41, 5.74) is 9.47. The maximum atomic E-state index is 5.94. The van der Waals surface area contributed by atoms with Crippen molar-refractivity contribution >= 4 is 43.0 Å². The predicted octanol–water partition coefficient (Wildman–Crippen LogP) is 3.94. The molecule has 1 heterocycles. The zero-order chi connectivity index (χ0) is 10.1. The largest absolute Gasteiger partial charge is 0.398 e. The van der Waals surface area contributed by atoms with Gasteiger partial charge in [0.05, 0.1) is 0 Å². The zero-order valence-corrected chi connectivity index (χ0v) is 10.4. The van der Waals surface area contributed by atoms with Crippen molar-refractivity contribution < 1.29 is 0 Å². The second-order valence-corrected chi connectivity index (χ2v) is 4.77. The maximum absolute atomic E-state index is 5.94. The van der Waals surface area contributed by atoms with Crippen LogP contribution in [0.5, 0.6) is 0 Å². The molecule has 0 atom stereocenters. The number of rotatable bonds is 2. The van der Waals surface area contributed by atoms with Gasteiger partial charge in [0, 0.05) is 15.7 Å². The lowest BCUT2D eigenvalue weighted by molar-refractivity contribution is 1.15. The van der Waals surface area contributed by atoms with E-state index in [1.54, 1.807) is 11.3 Å². The number of alkyl halides is 1. The van der Waals surface area contributed by atoms with Crippen molar-refractivity contribution in [3.63, 3.8) is 0 Å². The number of aryl methyl sites for hydroxylation is 1. The third-order valence-corrected chi connectivity index (χ3v) is 4.04. The van der Waals surface area contributed by atoms with Gasteiger partial charge in [0.15, 0.2) is 0 Å². The number of halogens is 1. The first-order valence-corrected chi connectivity index (χ1v) is 6.60. The van der Waals surface area contributed by atoms with Gasteiger partial charge in [-0.25, -0.2) is 0 Å². The lowest BCUT2D eigenvalue weighted by atomic mass is 10.1. The van der Waals surface area contributed by atoms with Gasteiger partial charge in [-0.05, 0) is 40.4 Å². The summed E-state index contributed by atoms with van der Waals surface area (Å²) in [5.74, 6) is 0. The van der Waals surface area contributed by atoms with Gasteiger partial charge in [0.2, 0.25) is 0 Å². The summed E-state index contributed by atoms with van der Waals surface area (Å²) in [6.45, 7) is 2.14. The van der Waals surface area contributed by atoms with E-state index in [1.807, 2.05) is 0 Å². The summed E-state index contributed by atoms with van der Waals surface area (Å²) in [6, 6.07) is 4.31. The quantitative estimate of drug-likeness (QED) is 0.649. The monoisotopic (exact) mass is 269 g/mol. The molecule has 0 fully saturated rings. The molecule has 0 bridgehead atoms. The van der Waals surface area contributed by atoms with Crippen LogP contribution in [-0.2, 0) is 11.8 Å². The number of anilines is 1. The van der Waals surface area contributed by atoms with Gasteiger partial charge in [0.25, 0.3) is 0 Å². The van der Waals surface area contributed by atoms with Gasteiger partial charge in [-0.15, -0.1) is 11.3 Å². The molecule has 0 amide bonds. The highest BCUT2D eigenvalue weighted by Gasteiger charge is 2.06. The first kappa shape index (κ1) is 9.99. The first-order chi connectivity index (χ1) is 6.76. The molecule has 1 aromatic heterocycles. The fourth-order valence-corrected chi connectivity index (χ4v) is 3.27. The van der Waals surface area contributed by atoms with Crippen molar-refractivity contribution in [2.75, 3.05) is 5.73 Å². The Balaban J connectivity index is 2.70. The fourth-order valence-electron chi connectivity index (χ4n) is 1.60. The molecule has 2 aromatic rings. The smallest absolute Gasteiger partial charge is 0.0366 e. The Bertz CT molecular complexity index is 462. The number of hydrogen-bond donors (Lipinski definition) is 1. The van der Waals surface area contributed by atoms with Gasteiger partial charge in [-0.2, -0.15) is 0 Å². The average Bonchev–Trinajstić information content (AvgIpc) is 2.58. The molecule has 1 aromatic carbocycles. The minimum Gasteiger partial charge on any atom is -0.398 e. The van der Waals surface area contributed by atoms with Gasteiger partial charge < -0.3 is 5.73 Å². The minimum atomic E-state index is 0.917. The second-order valence-electron chi connectivity index (χ2n) is 3.30. The highest BCUT2D eigenvalue weighted by atomic mass is 79.9. The molecule has 74 valence electrons. The number of hydrogen-bond acceptors (Lipinski definition) is 2. The Kier molecular flexibility index (Phi) is 2.79. The van der Waals surface area contributed by atoms with Crippen molar-refractivity contribution in [3.05, 3.63) is 28.6 Å². The molecule has 1 nitrogen and oxygen atoms in total. The molecule has 0 saturated heterocycles. The van der Waals surface area contributed by atoms with E-state index in [9.17, 15) is 0 Å². The molecule has 0 unspecified atom stereocenters. The van der Waals surface area contributed by atoms with Crippen molar-refractivity contribution in [2.24, 2.45) is 0 Å². The normalized spacial score (nSPS) is 11.0. The molecule has 2 N–H and O–H groups in total. The summed E-state index contributed by atoms with van der Waals surface area (Å²) in [5, 5.41) is 4.45. The van der Waals surface area contributed by atoms with E-state index in [4.69, 9.17) is 5.73 Å². The standard InChI is InChI=1S/C11H12BrNS/c1-2-7-3-9-8(5-12)6-14-11(9)4-10(7)13/h3-4,6H,2,5,13H2,1H3. The van der Waals surface area contributed by atoms with Gasteiger partial charge in [-0.3, -0.25) is 0 Å². The van der Waals surface area contributed by atoms with Crippen LogP contribution in [-0.4, -0.2) is 0 Å². The second kappa shape index (κ2) is 3.91. The van der Waals surface area contributed by atoms with Gasteiger partial charge >= 0.3 is 0 Å². The number of nitrogens with two attached hydrogens (primary N) is 1. The van der Waals surface area contributed by atoms with E-state index >= 15 is 0 Å². The molecular formula is C11H12BrNS. The molecule has 14 heavy (non-hydrogen) atoms. The Morgan fingerprint density at radius 2 is 2.14 bits per heavy atom. The van der Waals surface area contributed by atoms with Gasteiger partial charge in [0.1, 0.15) is 0 Å². The maximum Gasteiger partial charge on any atom is 0.0366 e. The molecule has 3 heteroatoms. The van der Waals surface area contributed by atoms with Crippen molar-refractivity contribution in [3.8, 4) is 0 Å². The molecule has 0 aliphatic rings. The van der Waals surface area contributed by atoms with Crippen LogP contribution in [0.2, 0.25) is 0 Å². The molecule has 0 radical (unpaired) electrons. The van der Waals surface area contributed by atoms with Crippen LogP contribution >= 0.6 is 27.3 Å². The van der Waals surface area contributed by atoms with Crippen LogP contribution in [0.3, 0.4) is 0 Å². The van der Waals surface area contributed by atoms with Crippen LogP contribution in [0, 0.1) is 0 Å². The number of nitrogen functional groups attached to an aromatic ring is 1. The van der Waals surface area contributed by atoms with Crippen molar-refractivity contribution in [1.29, 1.82) is 0 Å². The Morgan fingerprint density at radius 3 is 2.79 bits per heavy atom. The topological polar surface area (TPSA) is 26.0 Å². The predicted molar refractivity (Wildman–Crippen MR) is 68.2 cm³/mol. The highest BCUT2D eigenvalue weighted by Crippen LogP contribution is 2.31. The van der Waals surface area contributed by atoms with Gasteiger partial charge in [-0.1, -0.05) is 22.9 Å². The van der Waals surface area contributed by atoms with Crippen LogP contribution in [0.25, 0.3) is 10.1 Å². The lowest BCUT2D eigenvalue weighted by Gasteiger charge is -2.03. The Labute approximate surface area is 96.1 Å².